The summed E-state index contributed by atoms with van der Waals surface area (Å²) in [5.41, 5.74) is 0.210. The second-order valence-corrected chi connectivity index (χ2v) is 7.49. The fraction of sp³-hybridized carbons (Fsp3) is 0.421. The maximum absolute atomic E-state index is 12.5. The fourth-order valence-corrected chi connectivity index (χ4v) is 2.78. The average Bonchev–Trinajstić information content (AvgIpc) is 3.26. The Morgan fingerprint density at radius 2 is 1.88 bits per heavy atom. The van der Waals surface area contributed by atoms with Crippen LogP contribution in [0.4, 0.5) is 0 Å². The van der Waals surface area contributed by atoms with E-state index in [1.807, 2.05) is 45.0 Å². The molecular weight excluding hydrogens is 318 g/mol. The van der Waals surface area contributed by atoms with Gasteiger partial charge in [-0.3, -0.25) is 9.59 Å². The van der Waals surface area contributed by atoms with Crippen LogP contribution in [-0.4, -0.2) is 21.5 Å². The van der Waals surface area contributed by atoms with Crippen LogP contribution in [0.1, 0.15) is 55.5 Å². The van der Waals surface area contributed by atoms with E-state index >= 15 is 0 Å². The first-order chi connectivity index (χ1) is 11.7. The molecule has 1 aromatic heterocycles. The van der Waals surface area contributed by atoms with Crippen molar-refractivity contribution < 1.29 is 9.53 Å². The molecule has 1 fully saturated rings. The summed E-state index contributed by atoms with van der Waals surface area (Å²) >= 11 is 0. The smallest absolute Gasteiger partial charge is 0.270 e. The lowest BCUT2D eigenvalue weighted by molar-refractivity contribution is 0.0925. The van der Waals surface area contributed by atoms with E-state index in [0.717, 1.165) is 24.2 Å². The van der Waals surface area contributed by atoms with Gasteiger partial charge >= 0.3 is 0 Å². The predicted octanol–water partition coefficient (Wildman–Crippen LogP) is 2.67. The van der Waals surface area contributed by atoms with E-state index in [2.05, 4.69) is 15.3 Å². The maximum Gasteiger partial charge on any atom is 0.270 e. The number of carbonyl (C=O) groups is 1. The van der Waals surface area contributed by atoms with Crippen LogP contribution in [0.15, 0.2) is 35.1 Å². The molecule has 132 valence electrons. The molecule has 2 N–H and O–H groups in total. The van der Waals surface area contributed by atoms with Gasteiger partial charge < -0.3 is 15.0 Å². The summed E-state index contributed by atoms with van der Waals surface area (Å²) < 4.78 is 5.83. The van der Waals surface area contributed by atoms with Gasteiger partial charge in [0, 0.05) is 6.07 Å². The average molecular weight is 341 g/mol. The van der Waals surface area contributed by atoms with E-state index < -0.39 is 0 Å². The van der Waals surface area contributed by atoms with Crippen molar-refractivity contribution in [3.8, 4) is 5.75 Å². The molecule has 0 radical (unpaired) electrons. The number of nitrogens with one attached hydrogen (secondary N) is 2. The Bertz CT molecular complexity index is 843. The van der Waals surface area contributed by atoms with Crippen molar-refractivity contribution in [2.75, 3.05) is 0 Å². The molecule has 1 aliphatic rings. The van der Waals surface area contributed by atoms with Crippen LogP contribution in [0, 0.1) is 6.92 Å². The minimum absolute atomic E-state index is 0.139. The molecule has 0 saturated heterocycles. The van der Waals surface area contributed by atoms with Crippen LogP contribution in [0.3, 0.4) is 0 Å². The highest BCUT2D eigenvalue weighted by Crippen LogP contribution is 2.46. The summed E-state index contributed by atoms with van der Waals surface area (Å²) in [5.74, 6) is 0.887. The Balaban J connectivity index is 1.76. The summed E-state index contributed by atoms with van der Waals surface area (Å²) in [6, 6.07) is 9.01. The molecule has 0 unspecified atom stereocenters. The number of aromatic amines is 1. The normalized spacial score (nSPS) is 15.5. The lowest BCUT2D eigenvalue weighted by Gasteiger charge is -2.22. The van der Waals surface area contributed by atoms with E-state index in [4.69, 9.17) is 4.74 Å². The number of hydrogen-bond donors (Lipinski definition) is 2. The van der Waals surface area contributed by atoms with Gasteiger partial charge in [-0.1, -0.05) is 12.1 Å². The third kappa shape index (κ3) is 4.07. The van der Waals surface area contributed by atoms with Gasteiger partial charge in [0.25, 0.3) is 11.5 Å². The van der Waals surface area contributed by atoms with Crippen LogP contribution in [0.5, 0.6) is 5.75 Å². The Morgan fingerprint density at radius 1 is 1.24 bits per heavy atom. The lowest BCUT2D eigenvalue weighted by Crippen LogP contribution is -2.36. The number of ether oxygens (including phenoxy) is 1. The van der Waals surface area contributed by atoms with E-state index in [1.165, 1.54) is 6.07 Å². The minimum atomic E-state index is -0.379. The Morgan fingerprint density at radius 3 is 2.40 bits per heavy atom. The summed E-state index contributed by atoms with van der Waals surface area (Å²) in [6.45, 7) is 7.65. The van der Waals surface area contributed by atoms with E-state index in [9.17, 15) is 9.59 Å². The van der Waals surface area contributed by atoms with Crippen molar-refractivity contribution in [3.05, 3.63) is 57.8 Å². The second-order valence-electron chi connectivity index (χ2n) is 7.49. The van der Waals surface area contributed by atoms with Crippen LogP contribution >= 0.6 is 0 Å². The van der Waals surface area contributed by atoms with Crippen LogP contribution in [-0.2, 0) is 5.54 Å². The topological polar surface area (TPSA) is 84.1 Å². The van der Waals surface area contributed by atoms with Crippen LogP contribution < -0.4 is 15.6 Å². The standard InChI is InChI=1S/C19H23N3O3/c1-12-20-15(11-16(23)21-12)17(24)22-19(9-10-19)13-5-7-14(8-6-13)25-18(2,3)4/h5-8,11H,9-10H2,1-4H3,(H,22,24)(H,20,21,23). The predicted molar refractivity (Wildman–Crippen MR) is 94.8 cm³/mol. The summed E-state index contributed by atoms with van der Waals surface area (Å²) in [4.78, 5) is 30.7. The Kier molecular flexibility index (Phi) is 4.14. The summed E-state index contributed by atoms with van der Waals surface area (Å²) in [7, 11) is 0. The van der Waals surface area contributed by atoms with Gasteiger partial charge in [0.05, 0.1) is 5.54 Å². The van der Waals surface area contributed by atoms with Gasteiger partial charge in [0.1, 0.15) is 22.9 Å². The number of benzene rings is 1. The maximum atomic E-state index is 12.5. The highest BCUT2D eigenvalue weighted by atomic mass is 16.5. The molecule has 25 heavy (non-hydrogen) atoms. The molecule has 1 heterocycles. The third-order valence-electron chi connectivity index (χ3n) is 4.03. The highest BCUT2D eigenvalue weighted by molar-refractivity contribution is 5.93. The van der Waals surface area contributed by atoms with Gasteiger partial charge in [0.15, 0.2) is 0 Å². The molecule has 1 aliphatic carbocycles. The molecule has 0 aliphatic heterocycles. The fourth-order valence-electron chi connectivity index (χ4n) is 2.78. The molecule has 0 atom stereocenters. The van der Waals surface area contributed by atoms with Gasteiger partial charge in [-0.2, -0.15) is 0 Å². The van der Waals surface area contributed by atoms with Crippen LogP contribution in [0.2, 0.25) is 0 Å². The number of hydrogen-bond acceptors (Lipinski definition) is 4. The molecular formula is C19H23N3O3. The van der Waals surface area contributed by atoms with E-state index in [0.29, 0.717) is 5.82 Å². The zero-order chi connectivity index (χ0) is 18.2. The molecule has 0 bridgehead atoms. The van der Waals surface area contributed by atoms with Crippen molar-refractivity contribution in [2.24, 2.45) is 0 Å². The van der Waals surface area contributed by atoms with Crippen molar-refractivity contribution >= 4 is 5.91 Å². The van der Waals surface area contributed by atoms with Crippen molar-refractivity contribution in [1.29, 1.82) is 0 Å². The Hall–Kier alpha value is -2.63. The van der Waals surface area contributed by atoms with Crippen molar-refractivity contribution in [2.45, 2.75) is 51.7 Å². The largest absolute Gasteiger partial charge is 0.488 e. The molecule has 1 amide bonds. The van der Waals surface area contributed by atoms with E-state index in [-0.39, 0.29) is 28.3 Å². The quantitative estimate of drug-likeness (QED) is 0.895. The molecule has 3 rings (SSSR count). The number of carbonyl (C=O) groups excluding carboxylic acids is 1. The highest BCUT2D eigenvalue weighted by Gasteiger charge is 2.46. The minimum Gasteiger partial charge on any atom is -0.488 e. The second kappa shape index (κ2) is 6.02. The number of nitrogens with zero attached hydrogens (tertiary/aromatic N) is 1. The van der Waals surface area contributed by atoms with Gasteiger partial charge in [-0.25, -0.2) is 4.98 Å². The van der Waals surface area contributed by atoms with Crippen LogP contribution in [0.25, 0.3) is 0 Å². The summed E-state index contributed by atoms with van der Waals surface area (Å²) in [6.07, 6.45) is 1.72. The van der Waals surface area contributed by atoms with Gasteiger partial charge in [-0.15, -0.1) is 0 Å². The van der Waals surface area contributed by atoms with Crippen molar-refractivity contribution in [3.63, 3.8) is 0 Å². The Labute approximate surface area is 146 Å². The lowest BCUT2D eigenvalue weighted by atomic mass is 10.0. The van der Waals surface area contributed by atoms with Gasteiger partial charge in [0.2, 0.25) is 0 Å². The third-order valence-corrected chi connectivity index (χ3v) is 4.03. The van der Waals surface area contributed by atoms with E-state index in [1.54, 1.807) is 6.92 Å². The number of aromatic nitrogens is 2. The molecule has 0 spiro atoms. The first-order valence-corrected chi connectivity index (χ1v) is 8.37. The first kappa shape index (κ1) is 17.2. The summed E-state index contributed by atoms with van der Waals surface area (Å²) in [5, 5.41) is 3.03. The van der Waals surface area contributed by atoms with Crippen molar-refractivity contribution in [1.82, 2.24) is 15.3 Å². The number of H-pyrrole nitrogens is 1. The zero-order valence-corrected chi connectivity index (χ0v) is 15.0. The SMILES string of the molecule is Cc1nc(C(=O)NC2(c3ccc(OC(C)(C)C)cc3)CC2)cc(=O)[nH]1. The zero-order valence-electron chi connectivity index (χ0n) is 15.0. The monoisotopic (exact) mass is 341 g/mol. The molecule has 1 aromatic carbocycles. The molecule has 6 heteroatoms. The number of aryl methyl sites for hydroxylation is 1. The molecule has 2 aromatic rings. The number of amides is 1. The first-order valence-electron chi connectivity index (χ1n) is 8.37. The number of rotatable bonds is 4. The molecule has 1 saturated carbocycles. The van der Waals surface area contributed by atoms with Gasteiger partial charge in [-0.05, 0) is 58.2 Å². The molecule has 6 nitrogen and oxygen atoms in total.